The molecular weight excluding hydrogens is 505 g/mol. The Hall–Kier alpha value is -3.85. The molecule has 4 aromatic rings. The molecule has 0 bridgehead atoms. The molecule has 1 saturated heterocycles. The van der Waals surface area contributed by atoms with Crippen molar-refractivity contribution in [2.75, 3.05) is 4.90 Å². The molecule has 1 fully saturated rings. The van der Waals surface area contributed by atoms with Gasteiger partial charge in [0, 0.05) is 23.0 Å². The second-order valence-electron chi connectivity index (χ2n) is 9.13. The van der Waals surface area contributed by atoms with Crippen molar-refractivity contribution in [3.05, 3.63) is 89.3 Å². The van der Waals surface area contributed by atoms with Gasteiger partial charge < -0.3 is 10.2 Å². The maximum atomic E-state index is 13.8. The number of halogens is 4. The highest BCUT2D eigenvalue weighted by atomic mass is 35.5. The smallest absolute Gasteiger partial charge is 0.321 e. The summed E-state index contributed by atoms with van der Waals surface area (Å²) in [6.07, 6.45) is 1.62. The SMILES string of the molecule is C[C@@H]1C(=O)N(c2ccc3c(cnn3-c3ccc(F)cc3)c2)[C@H](c2ccccc2Cl)[C@H]1NC(=O)C(C)(F)F. The van der Waals surface area contributed by atoms with Gasteiger partial charge in [-0.15, -0.1) is 0 Å². The lowest BCUT2D eigenvalue weighted by atomic mass is 9.94. The average molecular weight is 527 g/mol. The van der Waals surface area contributed by atoms with Crippen molar-refractivity contribution < 1.29 is 22.8 Å². The number of fused-ring (bicyclic) bond motifs is 1. The number of carbonyl (C=O) groups excluding carboxylic acids is 2. The van der Waals surface area contributed by atoms with Gasteiger partial charge in [-0.3, -0.25) is 9.59 Å². The fraction of sp³-hybridized carbons (Fsp3) is 0.222. The molecule has 2 heterocycles. The second kappa shape index (κ2) is 9.23. The summed E-state index contributed by atoms with van der Waals surface area (Å²) in [6, 6.07) is 16.2. The summed E-state index contributed by atoms with van der Waals surface area (Å²) in [5.41, 5.74) is 2.40. The maximum absolute atomic E-state index is 13.8. The minimum atomic E-state index is -3.62. The number of hydrogen-bond donors (Lipinski definition) is 1. The van der Waals surface area contributed by atoms with Gasteiger partial charge in [-0.2, -0.15) is 13.9 Å². The number of nitrogens with zero attached hydrogens (tertiary/aromatic N) is 3. The van der Waals surface area contributed by atoms with E-state index in [0.29, 0.717) is 34.3 Å². The van der Waals surface area contributed by atoms with E-state index in [1.165, 1.54) is 17.0 Å². The fourth-order valence-corrected chi connectivity index (χ4v) is 4.97. The van der Waals surface area contributed by atoms with E-state index in [-0.39, 0.29) is 11.7 Å². The lowest BCUT2D eigenvalue weighted by Crippen LogP contribution is -2.48. The normalized spacial score (nSPS) is 20.0. The van der Waals surface area contributed by atoms with Gasteiger partial charge in [0.25, 0.3) is 5.91 Å². The lowest BCUT2D eigenvalue weighted by molar-refractivity contribution is -0.144. The van der Waals surface area contributed by atoms with Crippen LogP contribution in [0.25, 0.3) is 16.6 Å². The highest BCUT2D eigenvalue weighted by Gasteiger charge is 2.50. The molecule has 3 atom stereocenters. The predicted octanol–water partition coefficient (Wildman–Crippen LogP) is 5.68. The van der Waals surface area contributed by atoms with Crippen LogP contribution in [0.3, 0.4) is 0 Å². The lowest BCUT2D eigenvalue weighted by Gasteiger charge is -2.30. The summed E-state index contributed by atoms with van der Waals surface area (Å²) < 4.78 is 42.6. The molecule has 1 aliphatic rings. The molecule has 1 aromatic heterocycles. The molecule has 10 heteroatoms. The number of amides is 2. The third kappa shape index (κ3) is 4.44. The van der Waals surface area contributed by atoms with Crippen molar-refractivity contribution in [2.24, 2.45) is 5.92 Å². The first-order chi connectivity index (χ1) is 17.6. The minimum Gasteiger partial charge on any atom is -0.345 e. The topological polar surface area (TPSA) is 67.2 Å². The summed E-state index contributed by atoms with van der Waals surface area (Å²) in [7, 11) is 0. The van der Waals surface area contributed by atoms with Gasteiger partial charge in [0.05, 0.1) is 35.4 Å². The number of aromatic nitrogens is 2. The quantitative estimate of drug-likeness (QED) is 0.364. The van der Waals surface area contributed by atoms with E-state index >= 15 is 0 Å². The average Bonchev–Trinajstić information content (AvgIpc) is 3.38. The molecule has 3 aromatic carbocycles. The van der Waals surface area contributed by atoms with Crippen LogP contribution in [0.5, 0.6) is 0 Å². The van der Waals surface area contributed by atoms with Crippen LogP contribution in [-0.4, -0.2) is 33.6 Å². The van der Waals surface area contributed by atoms with Gasteiger partial charge in [-0.05, 0) is 54.1 Å². The Bertz CT molecular complexity index is 1500. The standard InChI is InChI=1S/C27H22ClF3N4O2/c1-15-23(33-26(37)27(2,30)31)24(20-5-3-4-6-21(20)28)34(25(15)36)19-11-12-22-16(13-19)14-32-35(22)18-9-7-17(29)8-10-18/h3-15,23-24H,1-2H3,(H,33,37)/t15-,23-,24+/m0/s1. The summed E-state index contributed by atoms with van der Waals surface area (Å²) in [5.74, 6) is -6.59. The van der Waals surface area contributed by atoms with Crippen LogP contribution < -0.4 is 10.2 Å². The van der Waals surface area contributed by atoms with Crippen LogP contribution in [0.1, 0.15) is 25.5 Å². The third-order valence-corrected chi connectivity index (χ3v) is 6.95. The minimum absolute atomic E-state index is 0.340. The van der Waals surface area contributed by atoms with E-state index in [1.54, 1.807) is 72.4 Å². The fourth-order valence-electron chi connectivity index (χ4n) is 4.72. The summed E-state index contributed by atoms with van der Waals surface area (Å²) >= 11 is 6.48. The zero-order chi connectivity index (χ0) is 26.5. The Kier molecular flexibility index (Phi) is 6.19. The molecule has 0 unspecified atom stereocenters. The number of nitrogens with one attached hydrogen (secondary N) is 1. The first kappa shape index (κ1) is 24.8. The summed E-state index contributed by atoms with van der Waals surface area (Å²) in [6.45, 7) is 2.11. The van der Waals surface area contributed by atoms with Crippen LogP contribution in [0.4, 0.5) is 18.9 Å². The summed E-state index contributed by atoms with van der Waals surface area (Å²) in [4.78, 5) is 27.3. The molecule has 1 aliphatic heterocycles. The monoisotopic (exact) mass is 526 g/mol. The van der Waals surface area contributed by atoms with Gasteiger partial charge in [-0.1, -0.05) is 36.7 Å². The zero-order valence-corrected chi connectivity index (χ0v) is 20.6. The van der Waals surface area contributed by atoms with Gasteiger partial charge in [0.15, 0.2) is 0 Å². The molecule has 0 aliphatic carbocycles. The molecule has 190 valence electrons. The highest BCUT2D eigenvalue weighted by molar-refractivity contribution is 6.31. The van der Waals surface area contributed by atoms with E-state index in [0.717, 1.165) is 5.52 Å². The molecule has 1 N–H and O–H groups in total. The Morgan fingerprint density at radius 2 is 1.73 bits per heavy atom. The number of carbonyl (C=O) groups is 2. The molecule has 6 nitrogen and oxygen atoms in total. The Labute approximate surface area is 215 Å². The molecule has 0 radical (unpaired) electrons. The highest BCUT2D eigenvalue weighted by Crippen LogP contribution is 2.43. The van der Waals surface area contributed by atoms with Gasteiger partial charge in [0.2, 0.25) is 5.91 Å². The van der Waals surface area contributed by atoms with Crippen LogP contribution >= 0.6 is 11.6 Å². The van der Waals surface area contributed by atoms with Crippen molar-refractivity contribution in [1.82, 2.24) is 15.1 Å². The van der Waals surface area contributed by atoms with Gasteiger partial charge in [0.1, 0.15) is 5.82 Å². The Morgan fingerprint density at radius 3 is 2.41 bits per heavy atom. The second-order valence-corrected chi connectivity index (χ2v) is 9.53. The third-order valence-electron chi connectivity index (χ3n) is 6.61. The summed E-state index contributed by atoms with van der Waals surface area (Å²) in [5, 5.41) is 7.83. The van der Waals surface area contributed by atoms with Crippen molar-refractivity contribution in [3.8, 4) is 5.69 Å². The first-order valence-electron chi connectivity index (χ1n) is 11.6. The number of rotatable bonds is 5. The Balaban J connectivity index is 1.59. The molecule has 37 heavy (non-hydrogen) atoms. The van der Waals surface area contributed by atoms with E-state index in [9.17, 15) is 22.8 Å². The van der Waals surface area contributed by atoms with Crippen LogP contribution in [0.15, 0.2) is 72.9 Å². The number of anilines is 1. The number of hydrogen-bond acceptors (Lipinski definition) is 3. The van der Waals surface area contributed by atoms with Crippen LogP contribution in [0, 0.1) is 11.7 Å². The first-order valence-corrected chi connectivity index (χ1v) is 11.9. The molecule has 0 spiro atoms. The van der Waals surface area contributed by atoms with Crippen molar-refractivity contribution in [2.45, 2.75) is 31.9 Å². The molecular formula is C27H22ClF3N4O2. The van der Waals surface area contributed by atoms with Crippen LogP contribution in [0.2, 0.25) is 5.02 Å². The van der Waals surface area contributed by atoms with E-state index < -0.39 is 29.8 Å². The molecule has 2 amide bonds. The van der Waals surface area contributed by atoms with E-state index in [1.807, 2.05) is 0 Å². The molecule has 0 saturated carbocycles. The van der Waals surface area contributed by atoms with E-state index in [4.69, 9.17) is 11.6 Å². The largest absolute Gasteiger partial charge is 0.345 e. The van der Waals surface area contributed by atoms with Gasteiger partial charge >= 0.3 is 5.92 Å². The van der Waals surface area contributed by atoms with Crippen molar-refractivity contribution >= 4 is 40.0 Å². The number of alkyl halides is 2. The Morgan fingerprint density at radius 1 is 1.05 bits per heavy atom. The van der Waals surface area contributed by atoms with Crippen molar-refractivity contribution in [3.63, 3.8) is 0 Å². The molecule has 5 rings (SSSR count). The van der Waals surface area contributed by atoms with Gasteiger partial charge in [-0.25, -0.2) is 9.07 Å². The van der Waals surface area contributed by atoms with Crippen molar-refractivity contribution in [1.29, 1.82) is 0 Å². The number of benzene rings is 3. The zero-order valence-electron chi connectivity index (χ0n) is 19.8. The van der Waals surface area contributed by atoms with E-state index in [2.05, 4.69) is 10.4 Å². The van der Waals surface area contributed by atoms with Crippen LogP contribution in [-0.2, 0) is 9.59 Å². The maximum Gasteiger partial charge on any atom is 0.321 e. The predicted molar refractivity (Wildman–Crippen MR) is 134 cm³/mol.